The largest absolute Gasteiger partial charge is 0.369 e. The molecule has 1 unspecified atom stereocenters. The molecule has 0 aromatic rings. The van der Waals surface area contributed by atoms with Gasteiger partial charge < -0.3 is 15.4 Å². The van der Waals surface area contributed by atoms with Crippen molar-refractivity contribution in [3.63, 3.8) is 0 Å². The van der Waals surface area contributed by atoms with Crippen LogP contribution in [0, 0.1) is 0 Å². The van der Waals surface area contributed by atoms with Gasteiger partial charge >= 0.3 is 0 Å². The lowest BCUT2D eigenvalue weighted by Crippen LogP contribution is -2.39. The summed E-state index contributed by atoms with van der Waals surface area (Å²) in [6, 6.07) is 0.456. The van der Waals surface area contributed by atoms with Crippen molar-refractivity contribution in [1.29, 1.82) is 0 Å². The van der Waals surface area contributed by atoms with Gasteiger partial charge in [-0.25, -0.2) is 0 Å². The summed E-state index contributed by atoms with van der Waals surface area (Å²) in [4.78, 5) is 11.2. The molecule has 4 heteroatoms. The minimum atomic E-state index is -0.0209. The first-order chi connectivity index (χ1) is 6.68. The summed E-state index contributed by atoms with van der Waals surface area (Å²) in [5.74, 6) is -0.0209. The number of hydrogen-bond acceptors (Lipinski definition) is 3. The van der Waals surface area contributed by atoms with Crippen molar-refractivity contribution in [1.82, 2.24) is 10.6 Å². The quantitative estimate of drug-likeness (QED) is 0.670. The number of hydrogen-bond donors (Lipinski definition) is 2. The first-order valence-corrected chi connectivity index (χ1v) is 5.30. The van der Waals surface area contributed by atoms with E-state index >= 15 is 0 Å². The molecule has 1 aliphatic rings. The maximum absolute atomic E-state index is 11.2. The van der Waals surface area contributed by atoms with Gasteiger partial charge in [-0.2, -0.15) is 0 Å². The summed E-state index contributed by atoms with van der Waals surface area (Å²) in [5, 5.41) is 6.17. The van der Waals surface area contributed by atoms with Crippen molar-refractivity contribution >= 4 is 5.91 Å². The van der Waals surface area contributed by atoms with Gasteiger partial charge in [0, 0.05) is 12.6 Å². The highest BCUT2D eigenvalue weighted by molar-refractivity contribution is 5.77. The molecule has 1 atom stereocenters. The molecular formula is C10H20N2O2. The van der Waals surface area contributed by atoms with Crippen LogP contribution in [0.2, 0.25) is 0 Å². The lowest BCUT2D eigenvalue weighted by molar-refractivity contribution is -0.127. The minimum Gasteiger partial charge on any atom is -0.369 e. The predicted octanol–water partition coefficient (Wildman–Crippen LogP) is 0.280. The average molecular weight is 200 g/mol. The zero-order valence-electron chi connectivity index (χ0n) is 9.01. The number of ether oxygens (including phenoxy) is 1. The minimum absolute atomic E-state index is 0.0209. The first kappa shape index (κ1) is 11.5. The van der Waals surface area contributed by atoms with Crippen LogP contribution in [0.15, 0.2) is 0 Å². The van der Waals surface area contributed by atoms with Crippen molar-refractivity contribution in [2.45, 2.75) is 38.8 Å². The van der Waals surface area contributed by atoms with Gasteiger partial charge in [-0.05, 0) is 33.2 Å². The summed E-state index contributed by atoms with van der Waals surface area (Å²) in [6.45, 7) is 5.81. The fourth-order valence-corrected chi connectivity index (χ4v) is 1.46. The first-order valence-electron chi connectivity index (χ1n) is 5.30. The second-order valence-corrected chi connectivity index (χ2v) is 3.96. The van der Waals surface area contributed by atoms with Gasteiger partial charge in [-0.3, -0.25) is 4.79 Å². The van der Waals surface area contributed by atoms with Crippen molar-refractivity contribution in [3.05, 3.63) is 0 Å². The third-order valence-corrected chi connectivity index (χ3v) is 2.26. The van der Waals surface area contributed by atoms with Gasteiger partial charge in [0.2, 0.25) is 5.91 Å². The molecule has 0 saturated carbocycles. The monoisotopic (exact) mass is 200 g/mol. The van der Waals surface area contributed by atoms with Gasteiger partial charge in [0.1, 0.15) is 6.61 Å². The second-order valence-electron chi connectivity index (χ2n) is 3.96. The van der Waals surface area contributed by atoms with Crippen LogP contribution >= 0.6 is 0 Å². The number of carbonyl (C=O) groups is 1. The van der Waals surface area contributed by atoms with Crippen LogP contribution in [0.5, 0.6) is 0 Å². The van der Waals surface area contributed by atoms with E-state index in [9.17, 15) is 4.79 Å². The zero-order valence-corrected chi connectivity index (χ0v) is 9.01. The van der Waals surface area contributed by atoms with Crippen LogP contribution in [0.3, 0.4) is 0 Å². The summed E-state index contributed by atoms with van der Waals surface area (Å²) in [7, 11) is 0. The SMILES string of the molecule is CC(C)OCC(=O)NCC1CCCN1. The molecule has 1 fully saturated rings. The summed E-state index contributed by atoms with van der Waals surface area (Å²) < 4.78 is 5.19. The highest BCUT2D eigenvalue weighted by Gasteiger charge is 2.14. The molecule has 0 aliphatic carbocycles. The number of amides is 1. The highest BCUT2D eigenvalue weighted by atomic mass is 16.5. The maximum Gasteiger partial charge on any atom is 0.246 e. The number of rotatable bonds is 5. The standard InChI is InChI=1S/C10H20N2O2/c1-8(2)14-7-10(13)12-6-9-4-3-5-11-9/h8-9,11H,3-7H2,1-2H3,(H,12,13). The number of carbonyl (C=O) groups excluding carboxylic acids is 1. The molecule has 0 aromatic carbocycles. The predicted molar refractivity (Wildman–Crippen MR) is 55.1 cm³/mol. The molecule has 1 saturated heterocycles. The topological polar surface area (TPSA) is 50.4 Å². The fourth-order valence-electron chi connectivity index (χ4n) is 1.46. The molecule has 2 N–H and O–H groups in total. The molecule has 1 aliphatic heterocycles. The molecule has 0 spiro atoms. The van der Waals surface area contributed by atoms with E-state index in [0.717, 1.165) is 19.5 Å². The summed E-state index contributed by atoms with van der Waals surface area (Å²) in [5.41, 5.74) is 0. The Hall–Kier alpha value is -0.610. The van der Waals surface area contributed by atoms with Gasteiger partial charge in [-0.15, -0.1) is 0 Å². The van der Waals surface area contributed by atoms with Crippen LogP contribution in [-0.4, -0.2) is 37.7 Å². The number of nitrogens with one attached hydrogen (secondary N) is 2. The Morgan fingerprint density at radius 2 is 2.43 bits per heavy atom. The van der Waals surface area contributed by atoms with E-state index in [1.165, 1.54) is 6.42 Å². The van der Waals surface area contributed by atoms with Crippen LogP contribution in [0.25, 0.3) is 0 Å². The third-order valence-electron chi connectivity index (χ3n) is 2.26. The second kappa shape index (κ2) is 5.98. The molecule has 82 valence electrons. The lowest BCUT2D eigenvalue weighted by atomic mass is 10.2. The molecule has 0 radical (unpaired) electrons. The van der Waals surface area contributed by atoms with Crippen molar-refractivity contribution in [2.75, 3.05) is 19.7 Å². The van der Waals surface area contributed by atoms with Gasteiger partial charge in [0.25, 0.3) is 0 Å². The Bertz CT molecular complexity index is 177. The molecule has 4 nitrogen and oxygen atoms in total. The molecule has 1 amide bonds. The highest BCUT2D eigenvalue weighted by Crippen LogP contribution is 2.02. The maximum atomic E-state index is 11.2. The van der Waals surface area contributed by atoms with E-state index in [1.807, 2.05) is 13.8 Å². The van der Waals surface area contributed by atoms with E-state index in [4.69, 9.17) is 4.74 Å². The summed E-state index contributed by atoms with van der Waals surface area (Å²) in [6.07, 6.45) is 2.49. The molecule has 1 rings (SSSR count). The van der Waals surface area contributed by atoms with E-state index in [-0.39, 0.29) is 18.6 Å². The summed E-state index contributed by atoms with van der Waals surface area (Å²) >= 11 is 0. The Labute approximate surface area is 85.4 Å². The van der Waals surface area contributed by atoms with Crippen LogP contribution < -0.4 is 10.6 Å². The molecular weight excluding hydrogens is 180 g/mol. The molecule has 1 heterocycles. The average Bonchev–Trinajstić information content (AvgIpc) is 2.63. The van der Waals surface area contributed by atoms with E-state index < -0.39 is 0 Å². The molecule has 14 heavy (non-hydrogen) atoms. The van der Waals surface area contributed by atoms with Crippen molar-refractivity contribution in [3.8, 4) is 0 Å². The Morgan fingerprint density at radius 1 is 1.64 bits per heavy atom. The Balaban J connectivity index is 2.02. The van der Waals surface area contributed by atoms with E-state index in [1.54, 1.807) is 0 Å². The third kappa shape index (κ3) is 4.58. The smallest absolute Gasteiger partial charge is 0.246 e. The molecule has 0 aromatic heterocycles. The Kier molecular flexibility index (Phi) is 4.90. The lowest BCUT2D eigenvalue weighted by Gasteiger charge is -2.12. The van der Waals surface area contributed by atoms with Crippen LogP contribution in [-0.2, 0) is 9.53 Å². The molecule has 0 bridgehead atoms. The van der Waals surface area contributed by atoms with E-state index in [0.29, 0.717) is 6.04 Å². The van der Waals surface area contributed by atoms with Crippen molar-refractivity contribution < 1.29 is 9.53 Å². The van der Waals surface area contributed by atoms with Gasteiger partial charge in [-0.1, -0.05) is 0 Å². The van der Waals surface area contributed by atoms with Gasteiger partial charge in [0.15, 0.2) is 0 Å². The van der Waals surface area contributed by atoms with Crippen LogP contribution in [0.4, 0.5) is 0 Å². The van der Waals surface area contributed by atoms with Crippen LogP contribution in [0.1, 0.15) is 26.7 Å². The van der Waals surface area contributed by atoms with Gasteiger partial charge in [0.05, 0.1) is 6.10 Å². The fraction of sp³-hybridized carbons (Fsp3) is 0.900. The van der Waals surface area contributed by atoms with E-state index in [2.05, 4.69) is 10.6 Å². The van der Waals surface area contributed by atoms with Crippen molar-refractivity contribution in [2.24, 2.45) is 0 Å². The zero-order chi connectivity index (χ0) is 10.4. The Morgan fingerprint density at radius 3 is 3.00 bits per heavy atom. The normalized spacial score (nSPS) is 21.5.